The third kappa shape index (κ3) is 2.99. The molecule has 0 aliphatic carbocycles. The largest absolute Gasteiger partial charge is 0.398 e. The van der Waals surface area contributed by atoms with Gasteiger partial charge in [0.1, 0.15) is 4.90 Å². The minimum absolute atomic E-state index is 0.0207. The number of rotatable bonds is 4. The molecule has 2 rings (SSSR count). The van der Waals surface area contributed by atoms with Crippen LogP contribution < -0.4 is 10.5 Å². The van der Waals surface area contributed by atoms with Crippen LogP contribution in [0.25, 0.3) is 0 Å². The van der Waals surface area contributed by atoms with Gasteiger partial charge < -0.3 is 5.73 Å². The molecule has 2 aromatic rings. The molecule has 0 saturated carbocycles. The van der Waals surface area contributed by atoms with Crippen LogP contribution in [-0.2, 0) is 16.6 Å². The second kappa shape index (κ2) is 5.23. The van der Waals surface area contributed by atoms with Gasteiger partial charge in [0, 0.05) is 23.8 Å². The van der Waals surface area contributed by atoms with Gasteiger partial charge in [-0.2, -0.15) is 0 Å². The molecule has 0 atom stereocenters. The van der Waals surface area contributed by atoms with Crippen molar-refractivity contribution in [2.75, 3.05) is 5.73 Å². The Kier molecular flexibility index (Phi) is 3.86. The molecule has 5 nitrogen and oxygen atoms in total. The number of hydrogen-bond acceptors (Lipinski definition) is 5. The number of sulfonamides is 1. The lowest BCUT2D eigenvalue weighted by Gasteiger charge is -2.07. The van der Waals surface area contributed by atoms with Crippen molar-refractivity contribution >= 4 is 38.6 Å². The van der Waals surface area contributed by atoms with E-state index in [0.29, 0.717) is 4.34 Å². The van der Waals surface area contributed by atoms with Crippen LogP contribution in [0.3, 0.4) is 0 Å². The van der Waals surface area contributed by atoms with E-state index in [0.717, 1.165) is 4.88 Å². The summed E-state index contributed by atoms with van der Waals surface area (Å²) < 4.78 is 27.0. The van der Waals surface area contributed by atoms with Crippen LogP contribution in [0.4, 0.5) is 5.69 Å². The monoisotopic (exact) mass is 303 g/mol. The normalized spacial score (nSPS) is 11.6. The predicted octanol–water partition coefficient (Wildman–Crippen LogP) is 1.86. The Morgan fingerprint density at radius 2 is 2.17 bits per heavy atom. The van der Waals surface area contributed by atoms with Gasteiger partial charge in [-0.1, -0.05) is 11.6 Å². The van der Waals surface area contributed by atoms with Crippen LogP contribution in [0.2, 0.25) is 4.34 Å². The number of halogens is 1. The summed E-state index contributed by atoms with van der Waals surface area (Å²) in [5.41, 5.74) is 5.77. The number of nitrogens with zero attached hydrogens (tertiary/aromatic N) is 1. The summed E-state index contributed by atoms with van der Waals surface area (Å²) in [4.78, 5) is 4.56. The molecule has 0 unspecified atom stereocenters. The number of nitrogens with one attached hydrogen (secondary N) is 1. The summed E-state index contributed by atoms with van der Waals surface area (Å²) in [7, 11) is -3.65. The highest BCUT2D eigenvalue weighted by Gasteiger charge is 2.17. The van der Waals surface area contributed by atoms with E-state index in [-0.39, 0.29) is 17.1 Å². The van der Waals surface area contributed by atoms with E-state index >= 15 is 0 Å². The standard InChI is InChI=1S/C10H10ClN3O2S2/c11-10-2-1-7(17-10)5-14-18(15,16)9-6-13-4-3-8(9)12/h1-4,6,14H,5H2,(H2,12,13). The van der Waals surface area contributed by atoms with E-state index in [4.69, 9.17) is 17.3 Å². The van der Waals surface area contributed by atoms with Crippen molar-refractivity contribution in [3.8, 4) is 0 Å². The Bertz CT molecular complexity index is 655. The second-order valence-electron chi connectivity index (χ2n) is 3.44. The number of thiophene rings is 1. The molecule has 2 heterocycles. The van der Waals surface area contributed by atoms with Crippen LogP contribution in [0, 0.1) is 0 Å². The molecule has 2 aromatic heterocycles. The number of anilines is 1. The maximum Gasteiger partial charge on any atom is 0.244 e. The SMILES string of the molecule is Nc1ccncc1S(=O)(=O)NCc1ccc(Cl)s1. The second-order valence-corrected chi connectivity index (χ2v) is 6.98. The molecular formula is C10H10ClN3O2S2. The van der Waals surface area contributed by atoms with E-state index in [1.165, 1.54) is 29.8 Å². The molecule has 96 valence electrons. The average molecular weight is 304 g/mol. The lowest BCUT2D eigenvalue weighted by atomic mass is 10.4. The highest BCUT2D eigenvalue weighted by Crippen LogP contribution is 2.22. The van der Waals surface area contributed by atoms with Crippen LogP contribution >= 0.6 is 22.9 Å². The molecule has 18 heavy (non-hydrogen) atoms. The maximum absolute atomic E-state index is 12.0. The Balaban J connectivity index is 2.16. The first kappa shape index (κ1) is 13.3. The Hall–Kier alpha value is -1.15. The fraction of sp³-hybridized carbons (Fsp3) is 0.100. The van der Waals surface area contributed by atoms with Gasteiger partial charge in [0.2, 0.25) is 10.0 Å². The minimum Gasteiger partial charge on any atom is -0.398 e. The van der Waals surface area contributed by atoms with Gasteiger partial charge in [-0.05, 0) is 18.2 Å². The number of hydrogen-bond donors (Lipinski definition) is 2. The van der Waals surface area contributed by atoms with Crippen molar-refractivity contribution in [1.29, 1.82) is 0 Å². The first-order chi connectivity index (χ1) is 8.49. The van der Waals surface area contributed by atoms with Crippen LogP contribution in [0.15, 0.2) is 35.5 Å². The highest BCUT2D eigenvalue weighted by atomic mass is 35.5. The topological polar surface area (TPSA) is 85.1 Å². The molecule has 0 aliphatic heterocycles. The van der Waals surface area contributed by atoms with Crippen molar-refractivity contribution < 1.29 is 8.42 Å². The zero-order chi connectivity index (χ0) is 13.2. The van der Waals surface area contributed by atoms with Crippen LogP contribution in [-0.4, -0.2) is 13.4 Å². The summed E-state index contributed by atoms with van der Waals surface area (Å²) >= 11 is 7.08. The number of pyridine rings is 1. The molecule has 0 aliphatic rings. The Labute approximate surface area is 114 Å². The van der Waals surface area contributed by atoms with Crippen molar-refractivity contribution in [1.82, 2.24) is 9.71 Å². The minimum atomic E-state index is -3.65. The molecule has 3 N–H and O–H groups in total. The van der Waals surface area contributed by atoms with Crippen molar-refractivity contribution in [2.24, 2.45) is 0 Å². The quantitative estimate of drug-likeness (QED) is 0.903. The maximum atomic E-state index is 12.0. The van der Waals surface area contributed by atoms with E-state index in [9.17, 15) is 8.42 Å². The lowest BCUT2D eigenvalue weighted by Crippen LogP contribution is -2.23. The van der Waals surface area contributed by atoms with Crippen molar-refractivity contribution in [3.63, 3.8) is 0 Å². The van der Waals surface area contributed by atoms with Gasteiger partial charge in [-0.3, -0.25) is 4.98 Å². The molecule has 0 amide bonds. The number of nitrogen functional groups attached to an aromatic ring is 1. The molecule has 0 bridgehead atoms. The zero-order valence-electron chi connectivity index (χ0n) is 9.13. The molecule has 0 radical (unpaired) electrons. The van der Waals surface area contributed by atoms with E-state index in [1.54, 1.807) is 12.1 Å². The Morgan fingerprint density at radius 1 is 1.39 bits per heavy atom. The van der Waals surface area contributed by atoms with Gasteiger partial charge in [0.15, 0.2) is 0 Å². The van der Waals surface area contributed by atoms with E-state index < -0.39 is 10.0 Å². The van der Waals surface area contributed by atoms with E-state index in [2.05, 4.69) is 9.71 Å². The third-order valence-corrected chi connectivity index (χ3v) is 4.85. The molecule has 0 spiro atoms. The summed E-state index contributed by atoms with van der Waals surface area (Å²) in [6.45, 7) is 0.175. The van der Waals surface area contributed by atoms with Crippen LogP contribution in [0.5, 0.6) is 0 Å². The van der Waals surface area contributed by atoms with Gasteiger partial charge >= 0.3 is 0 Å². The molecule has 0 aromatic carbocycles. The van der Waals surface area contributed by atoms with E-state index in [1.807, 2.05) is 0 Å². The molecule has 0 fully saturated rings. The number of nitrogens with two attached hydrogens (primary N) is 1. The summed E-state index contributed by atoms with van der Waals surface area (Å²) in [5, 5.41) is 0. The van der Waals surface area contributed by atoms with Gasteiger partial charge in [0.25, 0.3) is 0 Å². The summed E-state index contributed by atoms with van der Waals surface area (Å²) in [6, 6.07) is 4.92. The molecule has 8 heteroatoms. The van der Waals surface area contributed by atoms with Crippen molar-refractivity contribution in [3.05, 3.63) is 39.8 Å². The highest BCUT2D eigenvalue weighted by molar-refractivity contribution is 7.89. The molecular weight excluding hydrogens is 294 g/mol. The molecule has 0 saturated heterocycles. The zero-order valence-corrected chi connectivity index (χ0v) is 11.5. The smallest absolute Gasteiger partial charge is 0.244 e. The van der Waals surface area contributed by atoms with Crippen LogP contribution in [0.1, 0.15) is 4.88 Å². The average Bonchev–Trinajstić information content (AvgIpc) is 2.73. The number of aromatic nitrogens is 1. The predicted molar refractivity (Wildman–Crippen MR) is 72.0 cm³/mol. The first-order valence-electron chi connectivity index (χ1n) is 4.92. The first-order valence-corrected chi connectivity index (χ1v) is 7.60. The summed E-state index contributed by atoms with van der Waals surface area (Å²) in [6.07, 6.45) is 2.66. The van der Waals surface area contributed by atoms with Gasteiger partial charge in [-0.15, -0.1) is 11.3 Å². The van der Waals surface area contributed by atoms with Crippen molar-refractivity contribution in [2.45, 2.75) is 11.4 Å². The van der Waals surface area contributed by atoms with Gasteiger partial charge in [-0.25, -0.2) is 13.1 Å². The lowest BCUT2D eigenvalue weighted by molar-refractivity contribution is 0.582. The third-order valence-electron chi connectivity index (χ3n) is 2.17. The summed E-state index contributed by atoms with van der Waals surface area (Å²) in [5.74, 6) is 0. The fourth-order valence-electron chi connectivity index (χ4n) is 1.31. The Morgan fingerprint density at radius 3 is 2.78 bits per heavy atom. The van der Waals surface area contributed by atoms with Gasteiger partial charge in [0.05, 0.1) is 10.0 Å². The fourth-order valence-corrected chi connectivity index (χ4v) is 3.50.